The summed E-state index contributed by atoms with van der Waals surface area (Å²) in [5.41, 5.74) is 1.91. The van der Waals surface area contributed by atoms with E-state index in [0.29, 0.717) is 12.0 Å². The summed E-state index contributed by atoms with van der Waals surface area (Å²) in [5.74, 6) is 0.699. The van der Waals surface area contributed by atoms with Gasteiger partial charge in [0.1, 0.15) is 0 Å². The van der Waals surface area contributed by atoms with Crippen LogP contribution in [0.2, 0.25) is 5.02 Å². The van der Waals surface area contributed by atoms with E-state index in [1.807, 2.05) is 30.3 Å². The minimum Gasteiger partial charge on any atom is -0.351 e. The van der Waals surface area contributed by atoms with Crippen LogP contribution in [0.15, 0.2) is 36.5 Å². The van der Waals surface area contributed by atoms with Crippen molar-refractivity contribution in [2.45, 2.75) is 18.9 Å². The molecule has 4 heteroatoms. The van der Waals surface area contributed by atoms with E-state index in [9.17, 15) is 0 Å². The monoisotopic (exact) mass is 245 g/mol. The van der Waals surface area contributed by atoms with Crippen molar-refractivity contribution in [3.63, 3.8) is 0 Å². The number of nitrogens with zero attached hydrogens (tertiary/aromatic N) is 2. The van der Waals surface area contributed by atoms with Crippen LogP contribution in [0.25, 0.3) is 11.3 Å². The lowest BCUT2D eigenvalue weighted by atomic mass is 10.1. The second kappa shape index (κ2) is 4.34. The van der Waals surface area contributed by atoms with E-state index in [0.717, 1.165) is 16.3 Å². The van der Waals surface area contributed by atoms with E-state index in [4.69, 9.17) is 11.6 Å². The van der Waals surface area contributed by atoms with E-state index in [2.05, 4.69) is 15.3 Å². The molecule has 2 aromatic rings. The fraction of sp³-hybridized carbons (Fsp3) is 0.231. The Morgan fingerprint density at radius 2 is 2.12 bits per heavy atom. The zero-order valence-corrected chi connectivity index (χ0v) is 9.98. The fourth-order valence-electron chi connectivity index (χ4n) is 1.65. The Kier molecular flexibility index (Phi) is 2.69. The largest absolute Gasteiger partial charge is 0.351 e. The first-order valence-electron chi connectivity index (χ1n) is 5.67. The van der Waals surface area contributed by atoms with Crippen LogP contribution in [-0.4, -0.2) is 16.0 Å². The number of anilines is 1. The van der Waals surface area contributed by atoms with Gasteiger partial charge in [0.25, 0.3) is 0 Å². The Morgan fingerprint density at radius 3 is 2.88 bits per heavy atom. The number of benzene rings is 1. The third-order valence-electron chi connectivity index (χ3n) is 2.69. The second-order valence-electron chi connectivity index (χ2n) is 4.19. The average molecular weight is 246 g/mol. The van der Waals surface area contributed by atoms with E-state index in [-0.39, 0.29) is 0 Å². The van der Waals surface area contributed by atoms with Crippen molar-refractivity contribution in [1.29, 1.82) is 0 Å². The SMILES string of the molecule is Clc1cccc(-c2ccnc(NC3CC3)n2)c1. The number of rotatable bonds is 3. The summed E-state index contributed by atoms with van der Waals surface area (Å²) >= 11 is 5.97. The van der Waals surface area contributed by atoms with Gasteiger partial charge < -0.3 is 5.32 Å². The smallest absolute Gasteiger partial charge is 0.223 e. The van der Waals surface area contributed by atoms with Gasteiger partial charge >= 0.3 is 0 Å². The summed E-state index contributed by atoms with van der Waals surface area (Å²) in [6.07, 6.45) is 4.20. The van der Waals surface area contributed by atoms with Crippen LogP contribution in [0.5, 0.6) is 0 Å². The van der Waals surface area contributed by atoms with Crippen LogP contribution in [0.4, 0.5) is 5.95 Å². The maximum atomic E-state index is 5.97. The minimum absolute atomic E-state index is 0.560. The molecular formula is C13H12ClN3. The zero-order valence-electron chi connectivity index (χ0n) is 9.23. The molecule has 1 aliphatic rings. The normalized spacial score (nSPS) is 14.6. The van der Waals surface area contributed by atoms with Crippen LogP contribution in [-0.2, 0) is 0 Å². The van der Waals surface area contributed by atoms with E-state index in [1.165, 1.54) is 12.8 Å². The third-order valence-corrected chi connectivity index (χ3v) is 2.92. The first-order chi connectivity index (χ1) is 8.31. The summed E-state index contributed by atoms with van der Waals surface area (Å²) < 4.78 is 0. The maximum absolute atomic E-state index is 5.97. The number of hydrogen-bond donors (Lipinski definition) is 1. The molecule has 0 saturated heterocycles. The first-order valence-corrected chi connectivity index (χ1v) is 6.04. The summed E-state index contributed by atoms with van der Waals surface area (Å²) in [6, 6.07) is 10.1. The van der Waals surface area contributed by atoms with Crippen molar-refractivity contribution in [3.05, 3.63) is 41.6 Å². The lowest BCUT2D eigenvalue weighted by Crippen LogP contribution is -2.05. The molecule has 1 saturated carbocycles. The van der Waals surface area contributed by atoms with E-state index >= 15 is 0 Å². The lowest BCUT2D eigenvalue weighted by Gasteiger charge is -2.05. The molecule has 0 atom stereocenters. The molecule has 1 heterocycles. The van der Waals surface area contributed by atoms with Crippen molar-refractivity contribution in [2.24, 2.45) is 0 Å². The number of aromatic nitrogens is 2. The van der Waals surface area contributed by atoms with Gasteiger partial charge in [-0.3, -0.25) is 0 Å². The highest BCUT2D eigenvalue weighted by atomic mass is 35.5. The van der Waals surface area contributed by atoms with Gasteiger partial charge in [0, 0.05) is 22.8 Å². The van der Waals surface area contributed by atoms with Gasteiger partial charge in [-0.15, -0.1) is 0 Å². The quantitative estimate of drug-likeness (QED) is 0.901. The van der Waals surface area contributed by atoms with Gasteiger partial charge in [-0.1, -0.05) is 23.7 Å². The maximum Gasteiger partial charge on any atom is 0.223 e. The van der Waals surface area contributed by atoms with Crippen LogP contribution >= 0.6 is 11.6 Å². The molecule has 86 valence electrons. The van der Waals surface area contributed by atoms with Crippen LogP contribution in [0, 0.1) is 0 Å². The Morgan fingerprint density at radius 1 is 1.24 bits per heavy atom. The highest BCUT2D eigenvalue weighted by Crippen LogP contribution is 2.25. The van der Waals surface area contributed by atoms with Crippen LogP contribution in [0.3, 0.4) is 0 Å². The molecule has 0 unspecified atom stereocenters. The van der Waals surface area contributed by atoms with Crippen LogP contribution < -0.4 is 5.32 Å². The summed E-state index contributed by atoms with van der Waals surface area (Å²) in [4.78, 5) is 8.70. The molecule has 0 amide bonds. The van der Waals surface area contributed by atoms with Gasteiger partial charge in [-0.05, 0) is 31.0 Å². The highest BCUT2D eigenvalue weighted by molar-refractivity contribution is 6.30. The molecule has 3 rings (SSSR count). The van der Waals surface area contributed by atoms with Crippen molar-refractivity contribution in [1.82, 2.24) is 9.97 Å². The number of halogens is 1. The van der Waals surface area contributed by atoms with Crippen molar-refractivity contribution in [2.75, 3.05) is 5.32 Å². The highest BCUT2D eigenvalue weighted by Gasteiger charge is 2.21. The zero-order chi connectivity index (χ0) is 11.7. The molecule has 0 spiro atoms. The average Bonchev–Trinajstić information content (AvgIpc) is 3.13. The van der Waals surface area contributed by atoms with Gasteiger partial charge in [-0.2, -0.15) is 0 Å². The molecule has 3 nitrogen and oxygen atoms in total. The molecule has 0 aliphatic heterocycles. The van der Waals surface area contributed by atoms with Gasteiger partial charge in [0.15, 0.2) is 0 Å². The summed E-state index contributed by atoms with van der Waals surface area (Å²) in [6.45, 7) is 0. The van der Waals surface area contributed by atoms with Gasteiger partial charge in [0.2, 0.25) is 5.95 Å². The molecule has 1 aromatic heterocycles. The van der Waals surface area contributed by atoms with E-state index < -0.39 is 0 Å². The lowest BCUT2D eigenvalue weighted by molar-refractivity contribution is 1.06. The van der Waals surface area contributed by atoms with Gasteiger partial charge in [0.05, 0.1) is 5.69 Å². The Balaban J connectivity index is 1.91. The standard InChI is InChI=1S/C13H12ClN3/c14-10-3-1-2-9(8-10)12-6-7-15-13(17-12)16-11-4-5-11/h1-3,6-8,11H,4-5H2,(H,15,16,17). The Labute approximate surface area is 105 Å². The third kappa shape index (κ3) is 2.56. The molecule has 0 radical (unpaired) electrons. The van der Waals surface area contributed by atoms with Crippen molar-refractivity contribution >= 4 is 17.5 Å². The minimum atomic E-state index is 0.560. The fourth-order valence-corrected chi connectivity index (χ4v) is 1.84. The predicted molar refractivity (Wildman–Crippen MR) is 69.1 cm³/mol. The van der Waals surface area contributed by atoms with Crippen molar-refractivity contribution in [3.8, 4) is 11.3 Å². The molecule has 1 aliphatic carbocycles. The molecule has 0 bridgehead atoms. The first kappa shape index (κ1) is 10.5. The van der Waals surface area contributed by atoms with Crippen molar-refractivity contribution < 1.29 is 0 Å². The summed E-state index contributed by atoms with van der Waals surface area (Å²) in [7, 11) is 0. The predicted octanol–water partition coefficient (Wildman–Crippen LogP) is 3.37. The second-order valence-corrected chi connectivity index (χ2v) is 4.63. The topological polar surface area (TPSA) is 37.8 Å². The van der Waals surface area contributed by atoms with E-state index in [1.54, 1.807) is 6.20 Å². The molecule has 1 N–H and O–H groups in total. The Bertz CT molecular complexity index is 538. The molecule has 17 heavy (non-hydrogen) atoms. The molecular weight excluding hydrogens is 234 g/mol. The van der Waals surface area contributed by atoms with Crippen LogP contribution in [0.1, 0.15) is 12.8 Å². The number of nitrogens with one attached hydrogen (secondary N) is 1. The molecule has 1 fully saturated rings. The summed E-state index contributed by atoms with van der Waals surface area (Å²) in [5, 5.41) is 4.01. The molecule has 1 aromatic carbocycles. The number of hydrogen-bond acceptors (Lipinski definition) is 3. The van der Waals surface area contributed by atoms with Gasteiger partial charge in [-0.25, -0.2) is 9.97 Å². The Hall–Kier alpha value is -1.61.